The Morgan fingerprint density at radius 1 is 1.13 bits per heavy atom. The van der Waals surface area contributed by atoms with E-state index in [-0.39, 0.29) is 11.0 Å². The third-order valence-corrected chi connectivity index (χ3v) is 4.46. The van der Waals surface area contributed by atoms with Crippen molar-refractivity contribution in [1.82, 2.24) is 0 Å². The van der Waals surface area contributed by atoms with Gasteiger partial charge in [-0.1, -0.05) is 6.92 Å². The number of carbonyl (C=O) groups is 1. The summed E-state index contributed by atoms with van der Waals surface area (Å²) in [7, 11) is 0. The number of hydrogen-bond acceptors (Lipinski definition) is 2. The van der Waals surface area contributed by atoms with Crippen molar-refractivity contribution >= 4 is 5.78 Å². The van der Waals surface area contributed by atoms with Gasteiger partial charge < -0.3 is 4.74 Å². The summed E-state index contributed by atoms with van der Waals surface area (Å²) in [5, 5.41) is 0. The van der Waals surface area contributed by atoms with Crippen LogP contribution in [0.4, 0.5) is 0 Å². The number of fused-ring (bicyclic) bond motifs is 2. The molecule has 2 rings (SSSR count). The Bertz CT molecular complexity index is 242. The van der Waals surface area contributed by atoms with Crippen LogP contribution in [-0.2, 0) is 9.53 Å². The molecule has 2 fully saturated rings. The highest BCUT2D eigenvalue weighted by molar-refractivity contribution is 5.94. The Morgan fingerprint density at radius 3 is 2.20 bits per heavy atom. The first-order valence-corrected chi connectivity index (χ1v) is 6.38. The number of ether oxygens (including phenoxy) is 1. The zero-order valence-electron chi connectivity index (χ0n) is 9.97. The Kier molecular flexibility index (Phi) is 2.89. The first-order chi connectivity index (χ1) is 7.19. The van der Waals surface area contributed by atoms with Crippen LogP contribution in [0.1, 0.15) is 58.8 Å². The van der Waals surface area contributed by atoms with E-state index in [1.165, 1.54) is 12.8 Å². The molecule has 2 saturated carbocycles. The van der Waals surface area contributed by atoms with Crippen molar-refractivity contribution in [2.75, 3.05) is 6.61 Å². The summed E-state index contributed by atoms with van der Waals surface area (Å²) in [5.41, 5.74) is -0.410. The third kappa shape index (κ3) is 1.54. The van der Waals surface area contributed by atoms with Crippen LogP contribution in [0.25, 0.3) is 0 Å². The normalized spacial score (nSPS) is 40.5. The lowest BCUT2D eigenvalue weighted by molar-refractivity contribution is -0.171. The fourth-order valence-electron chi connectivity index (χ4n) is 3.61. The van der Waals surface area contributed by atoms with Crippen molar-refractivity contribution in [3.8, 4) is 0 Å². The van der Waals surface area contributed by atoms with Crippen LogP contribution >= 0.6 is 0 Å². The first kappa shape index (κ1) is 11.1. The summed E-state index contributed by atoms with van der Waals surface area (Å²) in [5.74, 6) is 0.428. The van der Waals surface area contributed by atoms with Gasteiger partial charge >= 0.3 is 0 Å². The molecule has 0 spiro atoms. The van der Waals surface area contributed by atoms with Gasteiger partial charge in [-0.15, -0.1) is 0 Å². The largest absolute Gasteiger partial charge is 0.367 e. The smallest absolute Gasteiger partial charge is 0.170 e. The molecule has 0 aromatic heterocycles. The van der Waals surface area contributed by atoms with Gasteiger partial charge in [-0.2, -0.15) is 0 Å². The molecule has 86 valence electrons. The number of rotatable bonds is 3. The van der Waals surface area contributed by atoms with Gasteiger partial charge in [-0.3, -0.25) is 4.79 Å². The lowest BCUT2D eigenvalue weighted by atomic mass is 9.58. The Labute approximate surface area is 92.4 Å². The van der Waals surface area contributed by atoms with Gasteiger partial charge in [-0.25, -0.2) is 0 Å². The second kappa shape index (κ2) is 3.89. The predicted molar refractivity (Wildman–Crippen MR) is 59.8 cm³/mol. The van der Waals surface area contributed by atoms with Gasteiger partial charge in [0.1, 0.15) is 5.60 Å². The molecular weight excluding hydrogens is 188 g/mol. The lowest BCUT2D eigenvalue weighted by Crippen LogP contribution is -2.56. The summed E-state index contributed by atoms with van der Waals surface area (Å²) in [6, 6.07) is 0. The number of carbonyl (C=O) groups excluding carboxylic acids is 1. The average molecular weight is 210 g/mol. The van der Waals surface area contributed by atoms with Crippen molar-refractivity contribution < 1.29 is 9.53 Å². The topological polar surface area (TPSA) is 26.3 Å². The van der Waals surface area contributed by atoms with E-state index in [0.717, 1.165) is 32.1 Å². The molecule has 0 aromatic carbocycles. The molecule has 0 saturated heterocycles. The second-order valence-corrected chi connectivity index (χ2v) is 5.10. The van der Waals surface area contributed by atoms with Crippen LogP contribution in [-0.4, -0.2) is 18.0 Å². The molecule has 0 unspecified atom stereocenters. The van der Waals surface area contributed by atoms with Crippen LogP contribution < -0.4 is 0 Å². The molecule has 15 heavy (non-hydrogen) atoms. The van der Waals surface area contributed by atoms with Crippen LogP contribution in [0.15, 0.2) is 0 Å². The molecule has 0 aliphatic heterocycles. The molecule has 2 aliphatic carbocycles. The van der Waals surface area contributed by atoms with Crippen LogP contribution in [0.2, 0.25) is 0 Å². The SMILES string of the molecule is CCOC12CCCC(CC)(CCC1)C2=O. The number of ketones is 1. The molecular formula is C13H22O2. The number of Topliss-reactive ketones (excluding diaryl/α,β-unsaturated/α-hetero) is 1. The molecule has 2 bridgehead atoms. The van der Waals surface area contributed by atoms with Crippen molar-refractivity contribution in [3.05, 3.63) is 0 Å². The Morgan fingerprint density at radius 2 is 1.73 bits per heavy atom. The molecule has 0 N–H and O–H groups in total. The van der Waals surface area contributed by atoms with Crippen molar-refractivity contribution in [2.24, 2.45) is 5.41 Å². The van der Waals surface area contributed by atoms with Gasteiger partial charge in [0.05, 0.1) is 0 Å². The average Bonchev–Trinajstić information content (AvgIpc) is 2.21. The molecule has 2 nitrogen and oxygen atoms in total. The van der Waals surface area contributed by atoms with E-state index in [1.54, 1.807) is 0 Å². The molecule has 0 radical (unpaired) electrons. The molecule has 2 aliphatic rings. The van der Waals surface area contributed by atoms with E-state index in [4.69, 9.17) is 4.74 Å². The van der Waals surface area contributed by atoms with E-state index in [2.05, 4.69) is 6.92 Å². The molecule has 0 atom stereocenters. The highest BCUT2D eigenvalue weighted by atomic mass is 16.5. The summed E-state index contributed by atoms with van der Waals surface area (Å²) in [4.78, 5) is 12.5. The minimum Gasteiger partial charge on any atom is -0.367 e. The number of hydrogen-bond donors (Lipinski definition) is 0. The van der Waals surface area contributed by atoms with E-state index >= 15 is 0 Å². The van der Waals surface area contributed by atoms with Crippen LogP contribution in [0.5, 0.6) is 0 Å². The Hall–Kier alpha value is -0.370. The highest BCUT2D eigenvalue weighted by Crippen LogP contribution is 2.51. The molecule has 0 heterocycles. The zero-order chi connectivity index (χ0) is 10.9. The summed E-state index contributed by atoms with van der Waals surface area (Å²) >= 11 is 0. The standard InChI is InChI=1S/C13H22O2/c1-3-12-7-5-9-13(11(12)14,15-4-2)10-6-8-12/h3-10H2,1-2H3. The minimum atomic E-state index is -0.388. The van der Waals surface area contributed by atoms with Crippen LogP contribution in [0, 0.1) is 5.41 Å². The zero-order valence-corrected chi connectivity index (χ0v) is 9.97. The van der Waals surface area contributed by atoms with E-state index < -0.39 is 0 Å². The van der Waals surface area contributed by atoms with Gasteiger partial charge in [0.25, 0.3) is 0 Å². The maximum Gasteiger partial charge on any atom is 0.170 e. The molecule has 2 heteroatoms. The summed E-state index contributed by atoms with van der Waals surface area (Å²) in [6.45, 7) is 4.83. The first-order valence-electron chi connectivity index (χ1n) is 6.38. The predicted octanol–water partition coefficient (Wildman–Crippen LogP) is 3.10. The van der Waals surface area contributed by atoms with Gasteiger partial charge in [0.15, 0.2) is 5.78 Å². The fraction of sp³-hybridized carbons (Fsp3) is 0.923. The highest BCUT2D eigenvalue weighted by Gasteiger charge is 2.55. The van der Waals surface area contributed by atoms with E-state index in [0.29, 0.717) is 12.4 Å². The molecule has 0 amide bonds. The van der Waals surface area contributed by atoms with Crippen LogP contribution in [0.3, 0.4) is 0 Å². The summed E-state index contributed by atoms with van der Waals surface area (Å²) < 4.78 is 5.83. The quantitative estimate of drug-likeness (QED) is 0.715. The third-order valence-electron chi connectivity index (χ3n) is 4.46. The minimum absolute atomic E-state index is 0.0222. The fourth-order valence-corrected chi connectivity index (χ4v) is 3.61. The van der Waals surface area contributed by atoms with Crippen molar-refractivity contribution in [1.29, 1.82) is 0 Å². The van der Waals surface area contributed by atoms with Crippen molar-refractivity contribution in [2.45, 2.75) is 64.4 Å². The van der Waals surface area contributed by atoms with E-state index in [1.807, 2.05) is 6.92 Å². The maximum absolute atomic E-state index is 12.5. The Balaban J connectivity index is 2.28. The van der Waals surface area contributed by atoms with Gasteiger partial charge in [-0.05, 0) is 51.9 Å². The second-order valence-electron chi connectivity index (χ2n) is 5.10. The van der Waals surface area contributed by atoms with Gasteiger partial charge in [0, 0.05) is 12.0 Å². The van der Waals surface area contributed by atoms with Gasteiger partial charge in [0.2, 0.25) is 0 Å². The monoisotopic (exact) mass is 210 g/mol. The van der Waals surface area contributed by atoms with E-state index in [9.17, 15) is 4.79 Å². The van der Waals surface area contributed by atoms with Crippen molar-refractivity contribution in [3.63, 3.8) is 0 Å². The summed E-state index contributed by atoms with van der Waals surface area (Å²) in [6.07, 6.45) is 7.44. The molecule has 0 aromatic rings. The lowest BCUT2D eigenvalue weighted by Gasteiger charge is -2.50. The maximum atomic E-state index is 12.5.